The predicted octanol–water partition coefficient (Wildman–Crippen LogP) is 3.12. The molecule has 2 aromatic heterocycles. The lowest BCUT2D eigenvalue weighted by Crippen LogP contribution is -2.18. The first kappa shape index (κ1) is 18.5. The van der Waals surface area contributed by atoms with Crippen molar-refractivity contribution in [2.45, 2.75) is 13.5 Å². The zero-order valence-electron chi connectivity index (χ0n) is 14.9. The highest BCUT2D eigenvalue weighted by molar-refractivity contribution is 7.98. The van der Waals surface area contributed by atoms with E-state index in [-0.39, 0.29) is 5.76 Å². The first-order chi connectivity index (χ1) is 12.6. The molecule has 9 heteroatoms. The van der Waals surface area contributed by atoms with Crippen molar-refractivity contribution in [2.75, 3.05) is 26.2 Å². The van der Waals surface area contributed by atoms with Crippen molar-refractivity contribution in [3.63, 3.8) is 0 Å². The second-order valence-corrected chi connectivity index (χ2v) is 7.45. The van der Waals surface area contributed by atoms with Gasteiger partial charge in [0.1, 0.15) is 0 Å². The van der Waals surface area contributed by atoms with E-state index in [0.717, 1.165) is 22.5 Å². The normalized spacial score (nSPS) is 11.9. The number of aryl methyl sites for hydroxylation is 2. The van der Waals surface area contributed by atoms with Crippen LogP contribution in [0.1, 0.15) is 16.2 Å². The Labute approximate surface area is 158 Å². The van der Waals surface area contributed by atoms with Gasteiger partial charge in [-0.15, -0.1) is 0 Å². The number of hydrogen-bond donors (Lipinski definition) is 0. The fourth-order valence-electron chi connectivity index (χ4n) is 2.49. The first-order valence-electron chi connectivity index (χ1n) is 7.84. The third kappa shape index (κ3) is 3.63. The van der Waals surface area contributed by atoms with Crippen LogP contribution in [0, 0.1) is 6.92 Å². The van der Waals surface area contributed by atoms with Gasteiger partial charge >= 0.3 is 5.91 Å². The van der Waals surface area contributed by atoms with Gasteiger partial charge in [0.05, 0.1) is 30.1 Å². The van der Waals surface area contributed by atoms with Crippen LogP contribution in [-0.4, -0.2) is 41.9 Å². The lowest BCUT2D eigenvalue weighted by atomic mass is 10.3. The van der Waals surface area contributed by atoms with Gasteiger partial charge in [-0.1, -0.05) is 16.5 Å². The summed E-state index contributed by atoms with van der Waals surface area (Å²) in [5.41, 5.74) is 1.59. The molecule has 0 spiro atoms. The molecule has 0 N–H and O–H groups in total. The molecule has 26 heavy (non-hydrogen) atoms. The average molecular weight is 393 g/mol. The number of hydrogen-bond acceptors (Lipinski definition) is 7. The van der Waals surface area contributed by atoms with Crippen LogP contribution >= 0.6 is 23.1 Å². The minimum atomic E-state index is -0.450. The Balaban J connectivity index is 2.16. The summed E-state index contributed by atoms with van der Waals surface area (Å²) in [4.78, 5) is 17.3. The summed E-state index contributed by atoms with van der Waals surface area (Å²) in [7, 11) is 3.20. The largest absolute Gasteiger partial charge is 0.493 e. The van der Waals surface area contributed by atoms with Crippen LogP contribution in [-0.2, 0) is 6.54 Å². The monoisotopic (exact) mass is 393 g/mol. The van der Waals surface area contributed by atoms with Crippen molar-refractivity contribution in [3.05, 3.63) is 34.5 Å². The molecule has 3 aromatic rings. The van der Waals surface area contributed by atoms with Crippen LogP contribution in [0.4, 0.5) is 0 Å². The smallest absolute Gasteiger partial charge is 0.318 e. The summed E-state index contributed by atoms with van der Waals surface area (Å²) >= 11 is 3.15. The lowest BCUT2D eigenvalue weighted by molar-refractivity contribution is 0.0962. The Hall–Kier alpha value is -2.26. The second kappa shape index (κ2) is 7.96. The molecule has 0 bridgehead atoms. The molecule has 7 nitrogen and oxygen atoms in total. The Bertz CT molecular complexity index is 1000. The molecule has 0 saturated carbocycles. The van der Waals surface area contributed by atoms with E-state index in [0.29, 0.717) is 22.0 Å². The Morgan fingerprint density at radius 3 is 2.65 bits per heavy atom. The number of rotatable bonds is 6. The molecule has 0 fully saturated rings. The van der Waals surface area contributed by atoms with Gasteiger partial charge in [-0.2, -0.15) is 16.8 Å². The summed E-state index contributed by atoms with van der Waals surface area (Å²) in [5, 5.41) is 3.74. The lowest BCUT2D eigenvalue weighted by Gasteiger charge is -2.09. The minimum Gasteiger partial charge on any atom is -0.493 e. The molecule has 0 unspecified atom stereocenters. The number of fused-ring (bicyclic) bond motifs is 1. The summed E-state index contributed by atoms with van der Waals surface area (Å²) in [5.74, 6) is 1.85. The Morgan fingerprint density at radius 2 is 2.04 bits per heavy atom. The number of methoxy groups -OCH3 is 2. The maximum atomic E-state index is 12.4. The highest BCUT2D eigenvalue weighted by Crippen LogP contribution is 2.33. The van der Waals surface area contributed by atoms with Gasteiger partial charge in [-0.3, -0.25) is 4.79 Å². The molecule has 0 aliphatic heterocycles. The molecule has 2 heterocycles. The van der Waals surface area contributed by atoms with Gasteiger partial charge in [-0.05, 0) is 13.2 Å². The number of amides is 1. The van der Waals surface area contributed by atoms with Crippen LogP contribution < -0.4 is 14.3 Å². The van der Waals surface area contributed by atoms with E-state index in [9.17, 15) is 4.79 Å². The van der Waals surface area contributed by atoms with Gasteiger partial charge in [0.25, 0.3) is 0 Å². The fourth-order valence-corrected chi connectivity index (χ4v) is 3.92. The number of benzene rings is 1. The van der Waals surface area contributed by atoms with Gasteiger partial charge in [0.2, 0.25) is 5.76 Å². The fraction of sp³-hybridized carbons (Fsp3) is 0.353. The average Bonchev–Trinajstić information content (AvgIpc) is 3.21. The van der Waals surface area contributed by atoms with E-state index in [1.807, 2.05) is 23.0 Å². The van der Waals surface area contributed by atoms with Crippen molar-refractivity contribution >= 4 is 39.2 Å². The third-order valence-corrected chi connectivity index (χ3v) is 5.38. The molecular weight excluding hydrogens is 374 g/mol. The summed E-state index contributed by atoms with van der Waals surface area (Å²) < 4.78 is 18.8. The third-order valence-electron chi connectivity index (χ3n) is 3.74. The molecule has 3 rings (SSSR count). The second-order valence-electron chi connectivity index (χ2n) is 5.45. The zero-order valence-corrected chi connectivity index (χ0v) is 16.6. The van der Waals surface area contributed by atoms with E-state index in [1.54, 1.807) is 39.0 Å². The van der Waals surface area contributed by atoms with Crippen molar-refractivity contribution in [1.82, 2.24) is 9.72 Å². The number of thioether (sulfide) groups is 1. The van der Waals surface area contributed by atoms with E-state index in [2.05, 4.69) is 10.1 Å². The Morgan fingerprint density at radius 1 is 1.31 bits per heavy atom. The molecule has 0 radical (unpaired) electrons. The van der Waals surface area contributed by atoms with Crippen molar-refractivity contribution in [3.8, 4) is 11.5 Å². The molecule has 1 amide bonds. The van der Waals surface area contributed by atoms with Crippen LogP contribution in [0.3, 0.4) is 0 Å². The topological polar surface area (TPSA) is 78.9 Å². The summed E-state index contributed by atoms with van der Waals surface area (Å²) in [6, 6.07) is 5.39. The SMILES string of the molecule is COc1cc2sc(=NC(=O)c3cc(C)no3)n(CCSC)c2cc1OC. The van der Waals surface area contributed by atoms with E-state index in [4.69, 9.17) is 14.0 Å². The van der Waals surface area contributed by atoms with E-state index in [1.165, 1.54) is 11.3 Å². The number of thiazole rings is 1. The van der Waals surface area contributed by atoms with Gasteiger partial charge < -0.3 is 18.6 Å². The number of aromatic nitrogens is 2. The van der Waals surface area contributed by atoms with Crippen molar-refractivity contribution < 1.29 is 18.8 Å². The van der Waals surface area contributed by atoms with Crippen LogP contribution in [0.15, 0.2) is 27.7 Å². The molecule has 138 valence electrons. The van der Waals surface area contributed by atoms with Gasteiger partial charge in [0, 0.05) is 30.5 Å². The summed E-state index contributed by atoms with van der Waals surface area (Å²) in [6.07, 6.45) is 2.04. The number of carbonyl (C=O) groups excluding carboxylic acids is 1. The van der Waals surface area contributed by atoms with Crippen LogP contribution in [0.5, 0.6) is 11.5 Å². The molecule has 0 aliphatic carbocycles. The first-order valence-corrected chi connectivity index (χ1v) is 10.0. The molecule has 0 saturated heterocycles. The minimum absolute atomic E-state index is 0.131. The molecular formula is C17H19N3O4S2. The number of ether oxygens (including phenoxy) is 2. The van der Waals surface area contributed by atoms with Crippen molar-refractivity contribution in [2.24, 2.45) is 4.99 Å². The maximum Gasteiger partial charge on any atom is 0.318 e. The van der Waals surface area contributed by atoms with Gasteiger partial charge in [0.15, 0.2) is 16.3 Å². The molecule has 0 atom stereocenters. The predicted molar refractivity (Wildman–Crippen MR) is 102 cm³/mol. The molecule has 0 aliphatic rings. The number of nitrogens with zero attached hydrogens (tertiary/aromatic N) is 3. The highest BCUT2D eigenvalue weighted by Gasteiger charge is 2.15. The van der Waals surface area contributed by atoms with Crippen molar-refractivity contribution in [1.29, 1.82) is 0 Å². The van der Waals surface area contributed by atoms with Crippen LogP contribution in [0.2, 0.25) is 0 Å². The highest BCUT2D eigenvalue weighted by atomic mass is 32.2. The Kier molecular flexibility index (Phi) is 5.67. The van der Waals surface area contributed by atoms with Gasteiger partial charge in [-0.25, -0.2) is 0 Å². The van der Waals surface area contributed by atoms with E-state index < -0.39 is 5.91 Å². The zero-order chi connectivity index (χ0) is 18.7. The quantitative estimate of drug-likeness (QED) is 0.640. The van der Waals surface area contributed by atoms with Crippen LogP contribution in [0.25, 0.3) is 10.2 Å². The maximum absolute atomic E-state index is 12.4. The van der Waals surface area contributed by atoms with E-state index >= 15 is 0 Å². The summed E-state index contributed by atoms with van der Waals surface area (Å²) in [6.45, 7) is 2.48. The standard InChI is InChI=1S/C17H19N3O4S2/c1-10-7-14(24-19-10)16(21)18-17-20(5-6-25-4)11-8-12(22-2)13(23-3)9-15(11)26-17/h7-9H,5-6H2,1-4H3. The number of carbonyl (C=O) groups is 1. The molecule has 1 aromatic carbocycles.